The van der Waals surface area contributed by atoms with Crippen LogP contribution in [0.3, 0.4) is 0 Å². The largest absolute Gasteiger partial charge is 0.352 e. The van der Waals surface area contributed by atoms with E-state index in [0.717, 1.165) is 34.2 Å². The van der Waals surface area contributed by atoms with Gasteiger partial charge >= 0.3 is 0 Å². The Bertz CT molecular complexity index is 1690. The second-order valence-corrected chi connectivity index (χ2v) is 13.6. The quantitative estimate of drug-likeness (QED) is 0.187. The van der Waals surface area contributed by atoms with Crippen molar-refractivity contribution in [3.05, 3.63) is 131 Å². The van der Waals surface area contributed by atoms with Crippen molar-refractivity contribution in [1.29, 1.82) is 0 Å². The number of aryl methyl sites for hydroxylation is 3. The van der Waals surface area contributed by atoms with Crippen LogP contribution in [-0.2, 0) is 32.6 Å². The molecule has 0 saturated carbocycles. The van der Waals surface area contributed by atoms with E-state index in [1.807, 2.05) is 95.3 Å². The number of sulfonamides is 1. The molecule has 7 nitrogen and oxygen atoms in total. The number of carbonyl (C=O) groups is 2. The van der Waals surface area contributed by atoms with Gasteiger partial charge in [0.25, 0.3) is 10.0 Å². The van der Waals surface area contributed by atoms with Crippen molar-refractivity contribution in [3.63, 3.8) is 0 Å². The molecule has 4 rings (SSSR count). The van der Waals surface area contributed by atoms with Crippen LogP contribution in [0.25, 0.3) is 0 Å². The highest BCUT2D eigenvalue weighted by Crippen LogP contribution is 2.27. The Morgan fingerprint density at radius 1 is 0.756 bits per heavy atom. The van der Waals surface area contributed by atoms with E-state index in [4.69, 9.17) is 0 Å². The predicted octanol–water partition coefficient (Wildman–Crippen LogP) is 6.36. The zero-order chi connectivity index (χ0) is 32.6. The summed E-state index contributed by atoms with van der Waals surface area (Å²) >= 11 is 0. The maximum absolute atomic E-state index is 14.6. The molecule has 0 radical (unpaired) electrons. The fraction of sp³-hybridized carbons (Fsp3) is 0.297. The van der Waals surface area contributed by atoms with Crippen molar-refractivity contribution < 1.29 is 18.0 Å². The smallest absolute Gasteiger partial charge is 0.264 e. The maximum atomic E-state index is 14.6. The van der Waals surface area contributed by atoms with Crippen LogP contribution in [0.2, 0.25) is 0 Å². The average Bonchev–Trinajstić information content (AvgIpc) is 3.01. The molecular formula is C37H43N3O4S. The second-order valence-electron chi connectivity index (χ2n) is 11.7. The highest BCUT2D eigenvalue weighted by atomic mass is 32.2. The van der Waals surface area contributed by atoms with Crippen LogP contribution in [-0.4, -0.2) is 43.8 Å². The van der Waals surface area contributed by atoms with Gasteiger partial charge in [-0.3, -0.25) is 13.9 Å². The van der Waals surface area contributed by atoms with Crippen molar-refractivity contribution in [2.45, 2.75) is 71.0 Å². The molecule has 4 aromatic rings. The van der Waals surface area contributed by atoms with Gasteiger partial charge in [-0.1, -0.05) is 91.3 Å². The number of nitrogens with zero attached hydrogens (tertiary/aromatic N) is 2. The van der Waals surface area contributed by atoms with E-state index in [9.17, 15) is 18.0 Å². The SMILES string of the molecule is CC[C@H](C)NC(=O)[C@@H](Cc1ccccc1)N(Cc1cccc(C)c1)C(=O)CN(c1cc(C)cc(C)c1)S(=O)(=O)c1ccccc1. The van der Waals surface area contributed by atoms with E-state index in [-0.39, 0.29) is 29.8 Å². The molecule has 0 aliphatic rings. The summed E-state index contributed by atoms with van der Waals surface area (Å²) in [6.07, 6.45) is 1.00. The third-order valence-electron chi connectivity index (χ3n) is 7.81. The van der Waals surface area contributed by atoms with Crippen LogP contribution < -0.4 is 9.62 Å². The van der Waals surface area contributed by atoms with E-state index in [2.05, 4.69) is 5.32 Å². The first-order valence-electron chi connectivity index (χ1n) is 15.3. The molecule has 0 unspecified atom stereocenters. The normalized spacial score (nSPS) is 12.6. The van der Waals surface area contributed by atoms with Gasteiger partial charge in [0.05, 0.1) is 10.6 Å². The number of amides is 2. The molecule has 2 amide bonds. The number of hydrogen-bond acceptors (Lipinski definition) is 4. The van der Waals surface area contributed by atoms with Gasteiger partial charge in [0.2, 0.25) is 11.8 Å². The predicted molar refractivity (Wildman–Crippen MR) is 180 cm³/mol. The highest BCUT2D eigenvalue weighted by Gasteiger charge is 2.35. The molecule has 8 heteroatoms. The molecule has 0 aromatic heterocycles. The Morgan fingerprint density at radius 3 is 1.96 bits per heavy atom. The topological polar surface area (TPSA) is 86.8 Å². The Morgan fingerprint density at radius 2 is 1.36 bits per heavy atom. The van der Waals surface area contributed by atoms with Crippen molar-refractivity contribution in [1.82, 2.24) is 10.2 Å². The summed E-state index contributed by atoms with van der Waals surface area (Å²) in [6, 6.07) is 30.0. The van der Waals surface area contributed by atoms with Crippen LogP contribution in [0.4, 0.5) is 5.69 Å². The number of benzene rings is 4. The molecule has 1 N–H and O–H groups in total. The zero-order valence-electron chi connectivity index (χ0n) is 26.7. The van der Waals surface area contributed by atoms with Crippen LogP contribution in [0.1, 0.15) is 48.1 Å². The molecule has 0 bridgehead atoms. The van der Waals surface area contributed by atoms with Crippen molar-refractivity contribution >= 4 is 27.5 Å². The van der Waals surface area contributed by atoms with Crippen molar-refractivity contribution in [2.75, 3.05) is 10.8 Å². The summed E-state index contributed by atoms with van der Waals surface area (Å²) in [5.74, 6) is -0.756. The van der Waals surface area contributed by atoms with E-state index in [1.165, 1.54) is 21.3 Å². The summed E-state index contributed by atoms with van der Waals surface area (Å²) in [5.41, 5.74) is 4.90. The lowest BCUT2D eigenvalue weighted by molar-refractivity contribution is -0.140. The number of rotatable bonds is 13. The number of carbonyl (C=O) groups excluding carboxylic acids is 2. The maximum Gasteiger partial charge on any atom is 0.264 e. The van der Waals surface area contributed by atoms with Gasteiger partial charge in [-0.2, -0.15) is 0 Å². The number of nitrogens with one attached hydrogen (secondary N) is 1. The third-order valence-corrected chi connectivity index (χ3v) is 9.60. The first kappa shape index (κ1) is 33.5. The average molecular weight is 626 g/mol. The van der Waals surface area contributed by atoms with Crippen LogP contribution in [0.15, 0.2) is 108 Å². The monoisotopic (exact) mass is 625 g/mol. The highest BCUT2D eigenvalue weighted by molar-refractivity contribution is 7.92. The van der Waals surface area contributed by atoms with E-state index in [0.29, 0.717) is 5.69 Å². The molecule has 0 heterocycles. The lowest BCUT2D eigenvalue weighted by Gasteiger charge is -2.34. The minimum absolute atomic E-state index is 0.0811. The van der Waals surface area contributed by atoms with Gasteiger partial charge in [-0.05, 0) is 80.6 Å². The zero-order valence-corrected chi connectivity index (χ0v) is 27.6. The lowest BCUT2D eigenvalue weighted by Crippen LogP contribution is -2.54. The standard InChI is InChI=1S/C37H43N3O4S/c1-6-30(5)38-37(42)35(24-31-15-9-7-10-16-31)39(25-32-17-13-14-27(2)21-32)36(41)26-40(33-22-28(3)20-29(4)23-33)45(43,44)34-18-11-8-12-19-34/h7-23,30,35H,6,24-26H2,1-5H3,(H,38,42)/t30-,35+/m0/s1. The van der Waals surface area contributed by atoms with Crippen molar-refractivity contribution in [2.24, 2.45) is 0 Å². The van der Waals surface area contributed by atoms with Crippen molar-refractivity contribution in [3.8, 4) is 0 Å². The Kier molecular flexibility index (Phi) is 11.2. The Hall–Kier alpha value is -4.43. The molecule has 0 fully saturated rings. The first-order chi connectivity index (χ1) is 21.5. The molecule has 45 heavy (non-hydrogen) atoms. The lowest BCUT2D eigenvalue weighted by atomic mass is 10.0. The van der Waals surface area contributed by atoms with Gasteiger partial charge in [0.1, 0.15) is 12.6 Å². The van der Waals surface area contributed by atoms with Gasteiger partial charge in [0, 0.05) is 19.0 Å². The summed E-state index contributed by atoms with van der Waals surface area (Å²) in [7, 11) is -4.14. The molecule has 0 aliphatic carbocycles. The van der Waals surface area contributed by atoms with E-state index in [1.54, 1.807) is 30.3 Å². The molecular weight excluding hydrogens is 582 g/mol. The second kappa shape index (κ2) is 15.0. The minimum Gasteiger partial charge on any atom is -0.352 e. The van der Waals surface area contributed by atoms with Crippen LogP contribution in [0, 0.1) is 20.8 Å². The Labute approximate surface area is 268 Å². The van der Waals surface area contributed by atoms with E-state index >= 15 is 0 Å². The molecule has 4 aromatic carbocycles. The number of hydrogen-bond donors (Lipinski definition) is 1. The van der Waals surface area contributed by atoms with Gasteiger partial charge in [0.15, 0.2) is 0 Å². The molecule has 0 spiro atoms. The van der Waals surface area contributed by atoms with Gasteiger partial charge in [-0.15, -0.1) is 0 Å². The summed E-state index contributed by atoms with van der Waals surface area (Å²) in [5, 5.41) is 3.07. The first-order valence-corrected chi connectivity index (χ1v) is 16.8. The molecule has 0 aliphatic heterocycles. The third kappa shape index (κ3) is 8.82. The van der Waals surface area contributed by atoms with Crippen LogP contribution >= 0.6 is 0 Å². The van der Waals surface area contributed by atoms with E-state index < -0.39 is 28.5 Å². The minimum atomic E-state index is -4.14. The number of anilines is 1. The fourth-order valence-electron chi connectivity index (χ4n) is 5.35. The Balaban J connectivity index is 1.83. The summed E-state index contributed by atoms with van der Waals surface area (Å²) in [4.78, 5) is 30.2. The van der Waals surface area contributed by atoms with Gasteiger partial charge < -0.3 is 10.2 Å². The summed E-state index contributed by atoms with van der Waals surface area (Å²) in [6.45, 7) is 9.34. The summed E-state index contributed by atoms with van der Waals surface area (Å²) < 4.78 is 29.5. The molecule has 2 atom stereocenters. The van der Waals surface area contributed by atoms with Crippen LogP contribution in [0.5, 0.6) is 0 Å². The molecule has 0 saturated heterocycles. The fourth-order valence-corrected chi connectivity index (χ4v) is 6.76. The van der Waals surface area contributed by atoms with Gasteiger partial charge in [-0.25, -0.2) is 8.42 Å². The molecule has 236 valence electrons.